The van der Waals surface area contributed by atoms with Crippen LogP contribution in [0.4, 0.5) is 0 Å². The van der Waals surface area contributed by atoms with Gasteiger partial charge in [-0.25, -0.2) is 0 Å². The van der Waals surface area contributed by atoms with Gasteiger partial charge in [-0.1, -0.05) is 81.1 Å². The van der Waals surface area contributed by atoms with E-state index in [9.17, 15) is 39.6 Å². The Balaban J connectivity index is 0.000000162. The summed E-state index contributed by atoms with van der Waals surface area (Å²) in [6, 6.07) is -0.472. The fraction of sp³-hybridized carbons (Fsp3) is 0.923. The first-order valence-corrected chi connectivity index (χ1v) is 25.9. The Hall–Kier alpha value is -2.28. The zero-order valence-electron chi connectivity index (χ0n) is 40.5. The molecule has 0 aromatic rings. The molecule has 0 aliphatic heterocycles. The largest absolute Gasteiger partial charge is 0.392 e. The number of hydrogen-bond acceptors (Lipinski definition) is 8. The van der Waals surface area contributed by atoms with Gasteiger partial charge in [0.15, 0.2) is 0 Å². The van der Waals surface area contributed by atoms with Gasteiger partial charge in [0.1, 0.15) is 0 Å². The average Bonchev–Trinajstić information content (AvgIpc) is 4.02. The van der Waals surface area contributed by atoms with E-state index in [0.29, 0.717) is 49.4 Å². The van der Waals surface area contributed by atoms with Crippen molar-refractivity contribution in [3.63, 3.8) is 0 Å². The van der Waals surface area contributed by atoms with Crippen LogP contribution in [0.5, 0.6) is 0 Å². The van der Waals surface area contributed by atoms with E-state index < -0.39 is 46.1 Å². The first-order chi connectivity index (χ1) is 30.0. The Morgan fingerprint density at radius 1 is 0.344 bits per heavy atom. The molecule has 0 unspecified atom stereocenters. The topological polar surface area (TPSA) is 197 Å². The van der Waals surface area contributed by atoms with E-state index in [1.807, 2.05) is 0 Å². The molecule has 10 aliphatic carbocycles. The lowest BCUT2D eigenvalue weighted by Crippen LogP contribution is -2.61. The monoisotopic (exact) mass is 893 g/mol. The highest BCUT2D eigenvalue weighted by atomic mass is 16.3. The molecule has 0 spiro atoms. The maximum atomic E-state index is 13.7. The summed E-state index contributed by atoms with van der Waals surface area (Å²) in [4.78, 5) is 54.7. The molecule has 8 bridgehead atoms. The van der Waals surface area contributed by atoms with Gasteiger partial charge in [0.25, 0.3) is 0 Å². The molecule has 0 aromatic heterocycles. The Labute approximate surface area is 382 Å². The van der Waals surface area contributed by atoms with Crippen molar-refractivity contribution in [2.24, 2.45) is 67.0 Å². The van der Waals surface area contributed by atoms with Crippen LogP contribution >= 0.6 is 0 Å². The Morgan fingerprint density at radius 2 is 0.531 bits per heavy atom. The van der Waals surface area contributed by atoms with Gasteiger partial charge >= 0.3 is 0 Å². The minimum absolute atomic E-state index is 0.0264. The SMILES string of the molecule is CC1(C)[C@@H]2CC[C@@]1(C(=O)N[C@@H]1CCCC[C@H]1NC(=O)[C@]13CC[C@H](C[C@H]1O)C3(C)C)[C@H](O)C2.CC1(C)[C@@H]2CC[C@@]1(C(=O)N[C@H]1CCCC[C@@H]1NC(=O)[C@]13CC[C@H](C[C@H]1O)C3(C)C)[C@H](O)C2. The lowest BCUT2D eigenvalue weighted by atomic mass is 9.67. The highest BCUT2D eigenvalue weighted by Gasteiger charge is 2.71. The van der Waals surface area contributed by atoms with Crippen molar-refractivity contribution in [3.8, 4) is 0 Å². The quantitative estimate of drug-likeness (QED) is 0.150. The number of amides is 4. The number of rotatable bonds is 8. The molecule has 10 aliphatic rings. The second-order valence-electron chi connectivity index (χ2n) is 25.6. The first kappa shape index (κ1) is 46.8. The van der Waals surface area contributed by atoms with Crippen LogP contribution in [-0.2, 0) is 19.2 Å². The van der Waals surface area contributed by atoms with Gasteiger partial charge in [-0.05, 0) is 148 Å². The minimum Gasteiger partial charge on any atom is -0.392 e. The fourth-order valence-corrected chi connectivity index (χ4v) is 18.1. The summed E-state index contributed by atoms with van der Waals surface area (Å²) in [5, 5.41) is 56.7. The molecule has 4 amide bonds. The van der Waals surface area contributed by atoms with Gasteiger partial charge in [0, 0.05) is 24.2 Å². The van der Waals surface area contributed by atoms with Crippen molar-refractivity contribution >= 4 is 23.6 Å². The number of fused-ring (bicyclic) bond motifs is 8. The first-order valence-electron chi connectivity index (χ1n) is 25.9. The third-order valence-electron chi connectivity index (χ3n) is 23.0. The molecular weight excluding hydrogens is 809 g/mol. The molecule has 10 fully saturated rings. The van der Waals surface area contributed by atoms with E-state index in [0.717, 1.165) is 103 Å². The second kappa shape index (κ2) is 15.6. The molecule has 0 saturated heterocycles. The van der Waals surface area contributed by atoms with E-state index in [1.54, 1.807) is 0 Å². The van der Waals surface area contributed by atoms with E-state index in [4.69, 9.17) is 0 Å². The molecule has 16 atom stereocenters. The molecule has 12 nitrogen and oxygen atoms in total. The van der Waals surface area contributed by atoms with Crippen LogP contribution in [0, 0.1) is 67.0 Å². The summed E-state index contributed by atoms with van der Waals surface area (Å²) in [6.07, 6.45) is 14.9. The number of nitrogens with one attached hydrogen (secondary N) is 4. The number of aliphatic hydroxyl groups excluding tert-OH is 4. The number of hydrogen-bond donors (Lipinski definition) is 8. The van der Waals surface area contributed by atoms with Crippen LogP contribution in [-0.4, -0.2) is 92.6 Å². The number of carbonyl (C=O) groups excluding carboxylic acids is 4. The third kappa shape index (κ3) is 6.10. The molecule has 12 heteroatoms. The zero-order chi connectivity index (χ0) is 46.2. The minimum atomic E-state index is -0.718. The summed E-state index contributed by atoms with van der Waals surface area (Å²) in [5.41, 5.74) is -3.70. The molecule has 0 radical (unpaired) electrons. The van der Waals surface area contributed by atoms with E-state index in [1.165, 1.54) is 0 Å². The molecule has 360 valence electrons. The summed E-state index contributed by atoms with van der Waals surface area (Å²) in [7, 11) is 0. The highest BCUT2D eigenvalue weighted by Crippen LogP contribution is 2.69. The third-order valence-corrected chi connectivity index (χ3v) is 23.0. The van der Waals surface area contributed by atoms with Crippen molar-refractivity contribution in [1.82, 2.24) is 21.3 Å². The summed E-state index contributed by atoms with van der Waals surface area (Å²) in [6.45, 7) is 17.1. The molecule has 10 saturated carbocycles. The van der Waals surface area contributed by atoms with Crippen LogP contribution in [0.1, 0.15) is 184 Å². The number of aliphatic hydroxyl groups is 4. The zero-order valence-corrected chi connectivity index (χ0v) is 40.5. The molecular formula is C52H84N4O8. The van der Waals surface area contributed by atoms with Gasteiger partial charge in [-0.2, -0.15) is 0 Å². The molecule has 0 heterocycles. The van der Waals surface area contributed by atoms with E-state index in [2.05, 4.69) is 76.7 Å². The van der Waals surface area contributed by atoms with Crippen LogP contribution in [0.2, 0.25) is 0 Å². The molecule has 0 aromatic carbocycles. The lowest BCUT2D eigenvalue weighted by molar-refractivity contribution is -0.147. The molecule has 8 N–H and O–H groups in total. The smallest absolute Gasteiger partial charge is 0.229 e. The Morgan fingerprint density at radius 3 is 0.672 bits per heavy atom. The second-order valence-corrected chi connectivity index (χ2v) is 25.6. The maximum absolute atomic E-state index is 13.7. The highest BCUT2D eigenvalue weighted by molar-refractivity contribution is 5.88. The summed E-state index contributed by atoms with van der Waals surface area (Å²) < 4.78 is 0. The predicted octanol–water partition coefficient (Wildman–Crippen LogP) is 5.81. The van der Waals surface area contributed by atoms with Gasteiger partial charge in [0.05, 0.1) is 46.1 Å². The van der Waals surface area contributed by atoms with Gasteiger partial charge in [-0.15, -0.1) is 0 Å². The van der Waals surface area contributed by atoms with Crippen molar-refractivity contribution in [3.05, 3.63) is 0 Å². The van der Waals surface area contributed by atoms with Crippen molar-refractivity contribution < 1.29 is 39.6 Å². The number of carbonyl (C=O) groups is 4. The van der Waals surface area contributed by atoms with Crippen LogP contribution in [0.3, 0.4) is 0 Å². The molecule has 10 rings (SSSR count). The Kier molecular flexibility index (Phi) is 11.4. The van der Waals surface area contributed by atoms with Crippen molar-refractivity contribution in [1.29, 1.82) is 0 Å². The standard InChI is InChI=1S/2C26H42N2O4/c2*1-23(2)15-9-11-25(23,19(29)13-15)21(31)27-17-7-5-6-8-18(17)28-22(32)26-12-10-16(14-20(26)30)24(26,3)4/h2*15-20,29-30H,5-14H2,1-4H3,(H,27,31)(H,28,32)/t15-,16-,17+,18+,19-,20-,25+,26+;15-,16-,17-,18-,19-,20-,25+,26+/m11/s1. The molecule has 64 heavy (non-hydrogen) atoms. The lowest BCUT2D eigenvalue weighted by Gasteiger charge is -2.43. The fourth-order valence-electron chi connectivity index (χ4n) is 18.1. The summed E-state index contributed by atoms with van der Waals surface area (Å²) >= 11 is 0. The van der Waals surface area contributed by atoms with Crippen molar-refractivity contribution in [2.75, 3.05) is 0 Å². The van der Waals surface area contributed by atoms with Crippen LogP contribution in [0.15, 0.2) is 0 Å². The van der Waals surface area contributed by atoms with Crippen LogP contribution in [0.25, 0.3) is 0 Å². The average molecular weight is 893 g/mol. The summed E-state index contributed by atoms with van der Waals surface area (Å²) in [5.74, 6) is 1.47. The van der Waals surface area contributed by atoms with Crippen LogP contribution < -0.4 is 21.3 Å². The van der Waals surface area contributed by atoms with Gasteiger partial charge in [0.2, 0.25) is 23.6 Å². The maximum Gasteiger partial charge on any atom is 0.229 e. The van der Waals surface area contributed by atoms with Gasteiger partial charge < -0.3 is 41.7 Å². The van der Waals surface area contributed by atoms with E-state index >= 15 is 0 Å². The van der Waals surface area contributed by atoms with Gasteiger partial charge in [-0.3, -0.25) is 19.2 Å². The van der Waals surface area contributed by atoms with Crippen molar-refractivity contribution in [2.45, 2.75) is 232 Å². The van der Waals surface area contributed by atoms with E-state index in [-0.39, 0.29) is 69.5 Å². The normalized spacial score (nSPS) is 48.1. The Bertz CT molecular complexity index is 1620. The predicted molar refractivity (Wildman–Crippen MR) is 243 cm³/mol.